The van der Waals surface area contributed by atoms with Crippen molar-refractivity contribution in [3.05, 3.63) is 29.3 Å². The van der Waals surface area contributed by atoms with Crippen molar-refractivity contribution in [3.8, 4) is 0 Å². The maximum absolute atomic E-state index is 11.7. The molecule has 0 atom stereocenters. The van der Waals surface area contributed by atoms with Crippen LogP contribution in [0.5, 0.6) is 0 Å². The van der Waals surface area contributed by atoms with Gasteiger partial charge in [0, 0.05) is 10.9 Å². The van der Waals surface area contributed by atoms with Gasteiger partial charge in [0.1, 0.15) is 0 Å². The van der Waals surface area contributed by atoms with Crippen molar-refractivity contribution < 1.29 is 14.4 Å². The third-order valence-corrected chi connectivity index (χ3v) is 4.87. The highest BCUT2D eigenvalue weighted by atomic mass is 32.2. The van der Waals surface area contributed by atoms with Gasteiger partial charge in [0.25, 0.3) is 0 Å². The molecule has 1 aromatic rings. The number of aryl methyl sites for hydroxylation is 2. The van der Waals surface area contributed by atoms with Crippen LogP contribution in [-0.2, 0) is 27.2 Å². The zero-order valence-electron chi connectivity index (χ0n) is 12.7. The summed E-state index contributed by atoms with van der Waals surface area (Å²) < 4.78 is 0. The third kappa shape index (κ3) is 4.48. The fraction of sp³-hybridized carbons (Fsp3) is 0.438. The maximum Gasteiger partial charge on any atom is 0.327 e. The average molecular weight is 333 g/mol. The monoisotopic (exact) mass is 333 g/mol. The van der Waals surface area contributed by atoms with Crippen molar-refractivity contribution >= 4 is 29.5 Å². The van der Waals surface area contributed by atoms with E-state index in [1.54, 1.807) is 0 Å². The molecule has 0 spiro atoms. The van der Waals surface area contributed by atoms with Gasteiger partial charge in [-0.15, -0.1) is 11.8 Å². The summed E-state index contributed by atoms with van der Waals surface area (Å²) in [4.78, 5) is 35.7. The van der Waals surface area contributed by atoms with Crippen molar-refractivity contribution in [1.82, 2.24) is 16.2 Å². The summed E-state index contributed by atoms with van der Waals surface area (Å²) in [5.41, 5.74) is 7.15. The third-order valence-electron chi connectivity index (χ3n) is 3.87. The van der Waals surface area contributed by atoms with E-state index in [-0.39, 0.29) is 17.7 Å². The van der Waals surface area contributed by atoms with Crippen LogP contribution in [0.25, 0.3) is 0 Å². The zero-order chi connectivity index (χ0) is 16.2. The Labute approximate surface area is 138 Å². The highest BCUT2D eigenvalue weighted by Crippen LogP contribution is 2.27. The summed E-state index contributed by atoms with van der Waals surface area (Å²) in [6.07, 6.45) is 5.24. The van der Waals surface area contributed by atoms with E-state index in [9.17, 15) is 14.4 Å². The number of benzene rings is 1. The Kier molecular flexibility index (Phi) is 4.85. The lowest BCUT2D eigenvalue weighted by Crippen LogP contribution is -2.49. The lowest BCUT2D eigenvalue weighted by atomic mass is 10.1. The predicted molar refractivity (Wildman–Crippen MR) is 86.6 cm³/mol. The molecule has 0 bridgehead atoms. The summed E-state index contributed by atoms with van der Waals surface area (Å²) in [6, 6.07) is 6.37. The molecule has 6 nitrogen and oxygen atoms in total. The first-order valence-electron chi connectivity index (χ1n) is 7.76. The van der Waals surface area contributed by atoms with E-state index >= 15 is 0 Å². The van der Waals surface area contributed by atoms with Gasteiger partial charge >= 0.3 is 11.8 Å². The van der Waals surface area contributed by atoms with Crippen LogP contribution in [0.2, 0.25) is 0 Å². The van der Waals surface area contributed by atoms with Gasteiger partial charge in [0.2, 0.25) is 5.91 Å². The minimum absolute atomic E-state index is 0.110. The minimum atomic E-state index is -0.840. The molecular formula is C16H19N3O3S. The van der Waals surface area contributed by atoms with E-state index in [0.717, 1.165) is 30.6 Å². The van der Waals surface area contributed by atoms with Crippen molar-refractivity contribution in [1.29, 1.82) is 0 Å². The zero-order valence-corrected chi connectivity index (χ0v) is 13.5. The summed E-state index contributed by atoms with van der Waals surface area (Å²) in [6.45, 7) is 0. The number of hydrazine groups is 1. The van der Waals surface area contributed by atoms with Gasteiger partial charge in [-0.2, -0.15) is 0 Å². The smallest absolute Gasteiger partial charge is 0.327 e. The summed E-state index contributed by atoms with van der Waals surface area (Å²) >= 11 is 1.41. The second-order valence-electron chi connectivity index (χ2n) is 5.82. The SMILES string of the molecule is O=C(CSc1ccc2c(c1)CCC2)NNC(=O)C(=O)NC1CC1. The van der Waals surface area contributed by atoms with Gasteiger partial charge in [-0.1, -0.05) is 6.07 Å². The van der Waals surface area contributed by atoms with E-state index in [1.807, 2.05) is 6.07 Å². The fourth-order valence-corrected chi connectivity index (χ4v) is 3.24. The van der Waals surface area contributed by atoms with Crippen LogP contribution in [0.1, 0.15) is 30.4 Å². The molecule has 122 valence electrons. The van der Waals surface area contributed by atoms with Crippen LogP contribution in [-0.4, -0.2) is 29.5 Å². The van der Waals surface area contributed by atoms with Crippen LogP contribution in [0.3, 0.4) is 0 Å². The molecule has 2 aliphatic carbocycles. The van der Waals surface area contributed by atoms with Crippen LogP contribution < -0.4 is 16.2 Å². The Bertz CT molecular complexity index is 643. The topological polar surface area (TPSA) is 87.3 Å². The average Bonchev–Trinajstić information content (AvgIpc) is 3.24. The Balaban J connectivity index is 1.39. The van der Waals surface area contributed by atoms with Gasteiger partial charge < -0.3 is 5.32 Å². The number of nitrogens with one attached hydrogen (secondary N) is 3. The van der Waals surface area contributed by atoms with Crippen molar-refractivity contribution in [2.75, 3.05) is 5.75 Å². The Morgan fingerprint density at radius 2 is 1.83 bits per heavy atom. The quantitative estimate of drug-likeness (QED) is 0.430. The van der Waals surface area contributed by atoms with Crippen LogP contribution in [0.4, 0.5) is 0 Å². The van der Waals surface area contributed by atoms with Crippen molar-refractivity contribution in [3.63, 3.8) is 0 Å². The molecule has 0 heterocycles. The highest BCUT2D eigenvalue weighted by Gasteiger charge is 2.26. The second-order valence-corrected chi connectivity index (χ2v) is 6.87. The first-order valence-corrected chi connectivity index (χ1v) is 8.74. The standard InChI is InChI=1S/C16H19N3O3S/c20-14(18-19-16(22)15(21)17-12-5-6-12)9-23-13-7-4-10-2-1-3-11(10)8-13/h4,7-8,12H,1-3,5-6,9H2,(H,17,21)(H,18,20)(H,19,22). The lowest BCUT2D eigenvalue weighted by molar-refractivity contribution is -0.140. The molecule has 0 unspecified atom stereocenters. The number of fused-ring (bicyclic) bond motifs is 1. The molecule has 2 aliphatic rings. The number of amides is 3. The van der Waals surface area contributed by atoms with E-state index in [0.29, 0.717) is 0 Å². The molecule has 0 aliphatic heterocycles. The molecular weight excluding hydrogens is 314 g/mol. The fourth-order valence-electron chi connectivity index (χ4n) is 2.48. The van der Waals surface area contributed by atoms with Gasteiger partial charge in [-0.05, 0) is 55.4 Å². The highest BCUT2D eigenvalue weighted by molar-refractivity contribution is 8.00. The molecule has 3 rings (SSSR count). The number of hydrogen-bond acceptors (Lipinski definition) is 4. The molecule has 1 fully saturated rings. The molecule has 0 saturated heterocycles. The number of carbonyl (C=O) groups is 3. The molecule has 3 N–H and O–H groups in total. The van der Waals surface area contributed by atoms with Crippen LogP contribution in [0.15, 0.2) is 23.1 Å². The summed E-state index contributed by atoms with van der Waals surface area (Å²) in [7, 11) is 0. The molecule has 3 amide bonds. The number of thioether (sulfide) groups is 1. The first kappa shape index (κ1) is 15.9. The predicted octanol–water partition coefficient (Wildman–Crippen LogP) is 0.693. The van der Waals surface area contributed by atoms with E-state index in [4.69, 9.17) is 0 Å². The molecule has 0 aromatic heterocycles. The minimum Gasteiger partial charge on any atom is -0.345 e. The van der Waals surface area contributed by atoms with Crippen molar-refractivity contribution in [2.45, 2.75) is 43.0 Å². The van der Waals surface area contributed by atoms with Gasteiger partial charge in [0.15, 0.2) is 0 Å². The first-order chi connectivity index (χ1) is 11.1. The van der Waals surface area contributed by atoms with Gasteiger partial charge in [0.05, 0.1) is 5.75 Å². The second kappa shape index (κ2) is 7.04. The maximum atomic E-state index is 11.7. The Morgan fingerprint density at radius 3 is 2.61 bits per heavy atom. The van der Waals surface area contributed by atoms with Crippen LogP contribution in [0, 0.1) is 0 Å². The Morgan fingerprint density at radius 1 is 1.04 bits per heavy atom. The van der Waals surface area contributed by atoms with Crippen LogP contribution >= 0.6 is 11.8 Å². The van der Waals surface area contributed by atoms with Gasteiger partial charge in [-0.3, -0.25) is 25.2 Å². The molecule has 0 radical (unpaired) electrons. The molecule has 23 heavy (non-hydrogen) atoms. The normalized spacial score (nSPS) is 15.7. The van der Waals surface area contributed by atoms with Gasteiger partial charge in [-0.25, -0.2) is 0 Å². The van der Waals surface area contributed by atoms with Crippen molar-refractivity contribution in [2.24, 2.45) is 0 Å². The Hall–Kier alpha value is -2.02. The number of rotatable bonds is 4. The van der Waals surface area contributed by atoms with E-state index in [2.05, 4.69) is 28.3 Å². The largest absolute Gasteiger partial charge is 0.345 e. The van der Waals surface area contributed by atoms with E-state index < -0.39 is 11.8 Å². The summed E-state index contributed by atoms with van der Waals surface area (Å²) in [5.74, 6) is -1.71. The number of hydrogen-bond donors (Lipinski definition) is 3. The van der Waals surface area contributed by atoms with E-state index in [1.165, 1.54) is 29.3 Å². The number of carbonyl (C=O) groups excluding carboxylic acids is 3. The molecule has 7 heteroatoms. The molecule has 1 aromatic carbocycles. The lowest BCUT2D eigenvalue weighted by Gasteiger charge is -2.08. The summed E-state index contributed by atoms with van der Waals surface area (Å²) in [5, 5.41) is 2.55. The molecule has 1 saturated carbocycles.